The van der Waals surface area contributed by atoms with Crippen molar-refractivity contribution in [2.24, 2.45) is 0 Å². The highest BCUT2D eigenvalue weighted by molar-refractivity contribution is 5.69. The second-order valence-corrected chi connectivity index (χ2v) is 13.7. The van der Waals surface area contributed by atoms with Gasteiger partial charge in [0, 0.05) is 13.0 Å². The Labute approximate surface area is 316 Å². The third kappa shape index (κ3) is 41.9. The summed E-state index contributed by atoms with van der Waals surface area (Å²) < 4.78 is 11.1. The second kappa shape index (κ2) is 43.7. The van der Waals surface area contributed by atoms with Crippen LogP contribution in [0.15, 0.2) is 85.1 Å². The lowest BCUT2D eigenvalue weighted by atomic mass is 10.1. The Morgan fingerprint density at radius 3 is 1.33 bits per heavy atom. The SMILES string of the molecule is CC/C=C\C/C=C\C/C=C\C/C=C\CCCCCCCCC(=O)OC(CO)COCCCCCCCCC/C=C\C/C=C\C/C=C\CCCCC. The Kier molecular flexibility index (Phi) is 41.6. The lowest BCUT2D eigenvalue weighted by Gasteiger charge is -2.15. The number of carbonyl (C=O) groups is 1. The predicted molar refractivity (Wildman–Crippen MR) is 223 cm³/mol. The molecule has 0 aromatic heterocycles. The summed E-state index contributed by atoms with van der Waals surface area (Å²) in [5.41, 5.74) is 0. The van der Waals surface area contributed by atoms with Gasteiger partial charge in [-0.1, -0.05) is 170 Å². The number of allylic oxidation sites excluding steroid dienone is 14. The molecule has 0 fully saturated rings. The maximum absolute atomic E-state index is 12.2. The van der Waals surface area contributed by atoms with Crippen LogP contribution < -0.4 is 0 Å². The van der Waals surface area contributed by atoms with Crippen molar-refractivity contribution in [2.45, 2.75) is 187 Å². The molecule has 0 heterocycles. The van der Waals surface area contributed by atoms with E-state index in [1.807, 2.05) is 0 Å². The molecule has 4 heteroatoms. The molecule has 1 atom stereocenters. The highest BCUT2D eigenvalue weighted by Crippen LogP contribution is 2.12. The summed E-state index contributed by atoms with van der Waals surface area (Å²) >= 11 is 0. The molecule has 0 bridgehead atoms. The van der Waals surface area contributed by atoms with Crippen molar-refractivity contribution in [1.29, 1.82) is 0 Å². The van der Waals surface area contributed by atoms with Crippen LogP contribution in [-0.2, 0) is 14.3 Å². The maximum Gasteiger partial charge on any atom is 0.306 e. The summed E-state index contributed by atoms with van der Waals surface area (Å²) in [6.45, 7) is 5.16. The fourth-order valence-electron chi connectivity index (χ4n) is 5.56. The summed E-state index contributed by atoms with van der Waals surface area (Å²) in [6, 6.07) is 0. The van der Waals surface area contributed by atoms with Gasteiger partial charge >= 0.3 is 5.97 Å². The van der Waals surface area contributed by atoms with Crippen LogP contribution in [0.3, 0.4) is 0 Å². The van der Waals surface area contributed by atoms with Gasteiger partial charge in [0.1, 0.15) is 6.10 Å². The Hall–Kier alpha value is -2.43. The van der Waals surface area contributed by atoms with Gasteiger partial charge in [-0.15, -0.1) is 0 Å². The number of hydrogen-bond acceptors (Lipinski definition) is 4. The molecule has 4 nitrogen and oxygen atoms in total. The van der Waals surface area contributed by atoms with Crippen LogP contribution >= 0.6 is 0 Å². The Morgan fingerprint density at radius 2 is 0.882 bits per heavy atom. The minimum atomic E-state index is -0.553. The first-order valence-electron chi connectivity index (χ1n) is 21.2. The molecule has 0 aromatic carbocycles. The first-order chi connectivity index (χ1) is 25.2. The zero-order valence-electron chi connectivity index (χ0n) is 33.3. The summed E-state index contributed by atoms with van der Waals surface area (Å²) in [6.07, 6.45) is 60.6. The molecule has 0 amide bonds. The van der Waals surface area contributed by atoms with Crippen molar-refractivity contribution >= 4 is 5.97 Å². The van der Waals surface area contributed by atoms with E-state index >= 15 is 0 Å². The van der Waals surface area contributed by atoms with E-state index in [1.54, 1.807) is 0 Å². The van der Waals surface area contributed by atoms with E-state index in [9.17, 15) is 9.90 Å². The number of aliphatic hydroxyl groups excluding tert-OH is 1. The molecule has 0 aliphatic carbocycles. The van der Waals surface area contributed by atoms with Crippen molar-refractivity contribution in [2.75, 3.05) is 19.8 Å². The fraction of sp³-hybridized carbons (Fsp3) is 0.681. The molecule has 1 unspecified atom stereocenters. The average Bonchev–Trinajstić information content (AvgIpc) is 3.14. The number of hydrogen-bond donors (Lipinski definition) is 1. The monoisotopic (exact) mass is 709 g/mol. The maximum atomic E-state index is 12.2. The van der Waals surface area contributed by atoms with Crippen molar-refractivity contribution in [3.8, 4) is 0 Å². The predicted octanol–water partition coefficient (Wildman–Crippen LogP) is 14.0. The standard InChI is InChI=1S/C47H80O4/c1-3-5-7-9-11-13-15-17-19-21-23-25-27-29-31-33-35-37-39-41-43-50-45-46(44-48)51-47(49)42-40-38-36-34-32-30-28-26-24-22-20-18-16-14-12-10-8-6-4-2/h6,8,11-14,17-20,23-26,46,48H,3-5,7,9-10,15-16,21-22,27-45H2,1-2H3/b8-6-,13-11-,14-12-,19-17-,20-18-,25-23-,26-24-. The Morgan fingerprint density at radius 1 is 0.490 bits per heavy atom. The first-order valence-corrected chi connectivity index (χ1v) is 21.2. The van der Waals surface area contributed by atoms with Crippen molar-refractivity contribution in [1.82, 2.24) is 0 Å². The van der Waals surface area contributed by atoms with Gasteiger partial charge < -0.3 is 14.6 Å². The van der Waals surface area contributed by atoms with E-state index in [1.165, 1.54) is 83.5 Å². The Bertz CT molecular complexity index is 923. The number of esters is 1. The van der Waals surface area contributed by atoms with Gasteiger partial charge in [-0.3, -0.25) is 4.79 Å². The average molecular weight is 709 g/mol. The van der Waals surface area contributed by atoms with Crippen LogP contribution in [-0.4, -0.2) is 37.0 Å². The summed E-state index contributed by atoms with van der Waals surface area (Å²) in [4.78, 5) is 12.2. The van der Waals surface area contributed by atoms with Gasteiger partial charge in [-0.25, -0.2) is 0 Å². The zero-order chi connectivity index (χ0) is 37.0. The molecule has 1 N–H and O–H groups in total. The van der Waals surface area contributed by atoms with Gasteiger partial charge in [0.25, 0.3) is 0 Å². The Balaban J connectivity index is 3.52. The van der Waals surface area contributed by atoms with Gasteiger partial charge in [0.05, 0.1) is 13.2 Å². The number of unbranched alkanes of at least 4 members (excludes halogenated alkanes) is 16. The molecule has 0 aliphatic rings. The molecule has 0 spiro atoms. The van der Waals surface area contributed by atoms with E-state index < -0.39 is 6.10 Å². The number of ether oxygens (including phenoxy) is 2. The van der Waals surface area contributed by atoms with Crippen molar-refractivity contribution in [3.05, 3.63) is 85.1 Å². The van der Waals surface area contributed by atoms with E-state index in [-0.39, 0.29) is 19.2 Å². The minimum Gasteiger partial charge on any atom is -0.457 e. The lowest BCUT2D eigenvalue weighted by molar-refractivity contribution is -0.154. The highest BCUT2D eigenvalue weighted by Gasteiger charge is 2.13. The lowest BCUT2D eigenvalue weighted by Crippen LogP contribution is -2.27. The third-order valence-electron chi connectivity index (χ3n) is 8.70. The molecule has 51 heavy (non-hydrogen) atoms. The topological polar surface area (TPSA) is 55.8 Å². The molecule has 292 valence electrons. The molecular weight excluding hydrogens is 629 g/mol. The van der Waals surface area contributed by atoms with E-state index in [4.69, 9.17) is 9.47 Å². The summed E-state index contributed by atoms with van der Waals surface area (Å²) in [5.74, 6) is -0.222. The fourth-order valence-corrected chi connectivity index (χ4v) is 5.56. The normalized spacial score (nSPS) is 13.2. The van der Waals surface area contributed by atoms with E-state index in [2.05, 4.69) is 98.9 Å². The van der Waals surface area contributed by atoms with Crippen LogP contribution in [0.2, 0.25) is 0 Å². The van der Waals surface area contributed by atoms with Gasteiger partial charge in [0.2, 0.25) is 0 Å². The molecule has 0 saturated carbocycles. The van der Waals surface area contributed by atoms with Crippen molar-refractivity contribution in [3.63, 3.8) is 0 Å². The van der Waals surface area contributed by atoms with Crippen LogP contribution in [0.1, 0.15) is 181 Å². The third-order valence-corrected chi connectivity index (χ3v) is 8.70. The zero-order valence-corrected chi connectivity index (χ0v) is 33.3. The van der Waals surface area contributed by atoms with Gasteiger partial charge in [-0.2, -0.15) is 0 Å². The van der Waals surface area contributed by atoms with E-state index in [0.29, 0.717) is 13.0 Å². The first kappa shape index (κ1) is 48.6. The minimum absolute atomic E-state index is 0.187. The largest absolute Gasteiger partial charge is 0.457 e. The highest BCUT2D eigenvalue weighted by atomic mass is 16.6. The number of carbonyl (C=O) groups excluding carboxylic acids is 1. The summed E-state index contributed by atoms with van der Waals surface area (Å²) in [7, 11) is 0. The molecular formula is C47H80O4. The van der Waals surface area contributed by atoms with Crippen LogP contribution in [0, 0.1) is 0 Å². The number of rotatable bonds is 38. The summed E-state index contributed by atoms with van der Waals surface area (Å²) in [5, 5.41) is 9.60. The smallest absolute Gasteiger partial charge is 0.306 e. The van der Waals surface area contributed by atoms with E-state index in [0.717, 1.165) is 77.0 Å². The molecule has 0 rings (SSSR count). The number of aliphatic hydroxyl groups is 1. The van der Waals surface area contributed by atoms with Crippen LogP contribution in [0.4, 0.5) is 0 Å². The van der Waals surface area contributed by atoms with Crippen LogP contribution in [0.5, 0.6) is 0 Å². The van der Waals surface area contributed by atoms with Crippen molar-refractivity contribution < 1.29 is 19.4 Å². The quantitative estimate of drug-likeness (QED) is 0.0394. The molecule has 0 aliphatic heterocycles. The van der Waals surface area contributed by atoms with Gasteiger partial charge in [-0.05, 0) is 89.9 Å². The molecule has 0 aromatic rings. The molecule has 0 radical (unpaired) electrons. The second-order valence-electron chi connectivity index (χ2n) is 13.7. The van der Waals surface area contributed by atoms with Gasteiger partial charge in [0.15, 0.2) is 0 Å². The molecule has 0 saturated heterocycles. The van der Waals surface area contributed by atoms with Crippen LogP contribution in [0.25, 0.3) is 0 Å².